The molecule has 2 rings (SSSR count). The van der Waals surface area contributed by atoms with E-state index in [2.05, 4.69) is 10.6 Å². The van der Waals surface area contributed by atoms with E-state index in [0.29, 0.717) is 19.4 Å². The zero-order valence-corrected chi connectivity index (χ0v) is 20.7. The number of likely N-dealkylation sites (tertiary alicyclic amines) is 1. The Kier molecular flexibility index (Phi) is 10.8. The Hall–Kier alpha value is -3.47. The fraction of sp³-hybridized carbons (Fsp3) is 0.560. The van der Waals surface area contributed by atoms with Crippen LogP contribution in [-0.2, 0) is 29.4 Å². The monoisotopic (exact) mass is 503 g/mol. The molecule has 1 aromatic rings. The highest BCUT2D eigenvalue weighted by Crippen LogP contribution is 2.36. The van der Waals surface area contributed by atoms with Crippen LogP contribution in [0.15, 0.2) is 30.3 Å². The molecule has 0 spiro atoms. The van der Waals surface area contributed by atoms with Crippen molar-refractivity contribution in [3.05, 3.63) is 35.9 Å². The first-order valence-electron chi connectivity index (χ1n) is 12.2. The fourth-order valence-corrected chi connectivity index (χ4v) is 4.58. The van der Waals surface area contributed by atoms with Gasteiger partial charge >= 0.3 is 5.97 Å². The average Bonchev–Trinajstić information content (AvgIpc) is 2.85. The summed E-state index contributed by atoms with van der Waals surface area (Å²) in [4.78, 5) is 63.0. The molecular formula is C25H37N5O6. The van der Waals surface area contributed by atoms with Crippen molar-refractivity contribution in [1.29, 1.82) is 0 Å². The molecule has 1 aliphatic rings. The lowest BCUT2D eigenvalue weighted by molar-refractivity contribution is -0.140. The summed E-state index contributed by atoms with van der Waals surface area (Å²) in [6, 6.07) is 7.29. The minimum absolute atomic E-state index is 0.118. The van der Waals surface area contributed by atoms with E-state index in [-0.39, 0.29) is 50.6 Å². The second kappa shape index (κ2) is 13.6. The van der Waals surface area contributed by atoms with Gasteiger partial charge in [0.05, 0.1) is 5.41 Å². The van der Waals surface area contributed by atoms with Gasteiger partial charge in [-0.2, -0.15) is 0 Å². The summed E-state index contributed by atoms with van der Waals surface area (Å²) in [7, 11) is 0. The Labute approximate surface area is 211 Å². The molecule has 0 aliphatic carbocycles. The molecule has 2 atom stereocenters. The van der Waals surface area contributed by atoms with Gasteiger partial charge < -0.3 is 32.1 Å². The van der Waals surface area contributed by atoms with Gasteiger partial charge in [0.25, 0.3) is 0 Å². The maximum Gasteiger partial charge on any atom is 0.303 e. The molecule has 198 valence electrons. The number of aliphatic carboxylic acids is 1. The van der Waals surface area contributed by atoms with Crippen LogP contribution in [-0.4, -0.2) is 71.3 Å². The van der Waals surface area contributed by atoms with Gasteiger partial charge in [-0.3, -0.25) is 24.0 Å². The van der Waals surface area contributed by atoms with Crippen LogP contribution >= 0.6 is 0 Å². The van der Waals surface area contributed by atoms with Crippen LogP contribution in [0.25, 0.3) is 0 Å². The van der Waals surface area contributed by atoms with Crippen molar-refractivity contribution in [3.8, 4) is 0 Å². The predicted molar refractivity (Wildman–Crippen MR) is 132 cm³/mol. The molecule has 1 saturated heterocycles. The molecule has 1 heterocycles. The third-order valence-electron chi connectivity index (χ3n) is 6.61. The second-order valence-corrected chi connectivity index (χ2v) is 9.17. The number of amides is 4. The van der Waals surface area contributed by atoms with Crippen LogP contribution in [0.3, 0.4) is 0 Å². The van der Waals surface area contributed by atoms with Crippen LogP contribution in [0.4, 0.5) is 0 Å². The maximum atomic E-state index is 13.6. The van der Waals surface area contributed by atoms with E-state index >= 15 is 0 Å². The number of carboxylic acid groups (broad SMARTS) is 1. The van der Waals surface area contributed by atoms with Gasteiger partial charge in [-0.05, 0) is 50.6 Å². The quantitative estimate of drug-likeness (QED) is 0.235. The topological polar surface area (TPSA) is 185 Å². The summed E-state index contributed by atoms with van der Waals surface area (Å²) < 4.78 is 0. The lowest BCUT2D eigenvalue weighted by atomic mass is 9.71. The van der Waals surface area contributed by atoms with Crippen molar-refractivity contribution < 1.29 is 29.1 Å². The molecule has 7 N–H and O–H groups in total. The van der Waals surface area contributed by atoms with Crippen molar-refractivity contribution in [3.63, 3.8) is 0 Å². The Morgan fingerprint density at radius 3 is 2.17 bits per heavy atom. The number of hydrogen-bond acceptors (Lipinski definition) is 6. The summed E-state index contributed by atoms with van der Waals surface area (Å²) in [5.74, 6) is -2.84. The number of nitrogens with two attached hydrogens (primary N) is 2. The average molecular weight is 504 g/mol. The van der Waals surface area contributed by atoms with E-state index < -0.39 is 35.3 Å². The van der Waals surface area contributed by atoms with Crippen LogP contribution in [0.1, 0.15) is 57.4 Å². The number of carboxylic acids is 1. The van der Waals surface area contributed by atoms with Gasteiger partial charge in [-0.25, -0.2) is 0 Å². The number of nitrogens with zero attached hydrogens (tertiary/aromatic N) is 1. The Balaban J connectivity index is 2.22. The van der Waals surface area contributed by atoms with Crippen molar-refractivity contribution in [2.45, 2.75) is 69.4 Å². The number of carbonyl (C=O) groups excluding carboxylic acids is 4. The third kappa shape index (κ3) is 7.77. The van der Waals surface area contributed by atoms with Gasteiger partial charge in [-0.1, -0.05) is 30.3 Å². The van der Waals surface area contributed by atoms with Gasteiger partial charge in [0.15, 0.2) is 0 Å². The first-order valence-corrected chi connectivity index (χ1v) is 12.2. The summed E-state index contributed by atoms with van der Waals surface area (Å²) in [5, 5.41) is 14.4. The van der Waals surface area contributed by atoms with Crippen molar-refractivity contribution in [2.24, 2.45) is 11.5 Å². The van der Waals surface area contributed by atoms with Gasteiger partial charge in [-0.15, -0.1) is 0 Å². The minimum atomic E-state index is -1.12. The number of rotatable bonds is 13. The number of primary amides is 1. The van der Waals surface area contributed by atoms with E-state index in [4.69, 9.17) is 16.6 Å². The highest BCUT2D eigenvalue weighted by Gasteiger charge is 2.45. The standard InChI is InChI=1S/C25H37N5O6/c1-17(31)28-20(9-5-6-14-26)23(35)30-15-12-25(13-16-30,18-7-3-2-4-8-18)24(36)29-19(22(27)34)10-11-21(32)33/h2-4,7-8,19-20H,5-6,9-16,26H2,1H3,(H2,27,34)(H,28,31)(H,29,36)(H,32,33)/t19-,20-/m0/s1. The van der Waals surface area contributed by atoms with Crippen LogP contribution in [0.5, 0.6) is 0 Å². The first kappa shape index (κ1) is 28.8. The van der Waals surface area contributed by atoms with E-state index in [1.165, 1.54) is 6.92 Å². The number of nitrogens with one attached hydrogen (secondary N) is 2. The van der Waals surface area contributed by atoms with Crippen LogP contribution in [0.2, 0.25) is 0 Å². The van der Waals surface area contributed by atoms with E-state index in [0.717, 1.165) is 12.0 Å². The molecule has 1 aromatic carbocycles. The molecule has 0 aromatic heterocycles. The zero-order chi connectivity index (χ0) is 26.7. The molecular weight excluding hydrogens is 466 g/mol. The molecule has 36 heavy (non-hydrogen) atoms. The molecule has 0 bridgehead atoms. The second-order valence-electron chi connectivity index (χ2n) is 9.17. The smallest absolute Gasteiger partial charge is 0.303 e. The molecule has 0 unspecified atom stereocenters. The number of hydrogen-bond donors (Lipinski definition) is 5. The predicted octanol–water partition coefficient (Wildman–Crippen LogP) is 0.0154. The van der Waals surface area contributed by atoms with Gasteiger partial charge in [0.1, 0.15) is 12.1 Å². The molecule has 11 heteroatoms. The lowest BCUT2D eigenvalue weighted by Gasteiger charge is -2.42. The lowest BCUT2D eigenvalue weighted by Crippen LogP contribution is -2.58. The van der Waals surface area contributed by atoms with E-state index in [1.807, 2.05) is 30.3 Å². The molecule has 1 fully saturated rings. The molecule has 1 aliphatic heterocycles. The van der Waals surface area contributed by atoms with E-state index in [1.54, 1.807) is 4.90 Å². The zero-order valence-electron chi connectivity index (χ0n) is 20.7. The van der Waals surface area contributed by atoms with Crippen LogP contribution in [0, 0.1) is 0 Å². The van der Waals surface area contributed by atoms with Crippen molar-refractivity contribution in [2.75, 3.05) is 19.6 Å². The summed E-state index contributed by atoms with van der Waals surface area (Å²) in [5.41, 5.74) is 10.7. The van der Waals surface area contributed by atoms with Crippen molar-refractivity contribution in [1.82, 2.24) is 15.5 Å². The fourth-order valence-electron chi connectivity index (χ4n) is 4.58. The number of carbonyl (C=O) groups is 5. The molecule has 11 nitrogen and oxygen atoms in total. The number of unbranched alkanes of at least 4 members (excludes halogenated alkanes) is 1. The number of piperidine rings is 1. The Bertz CT molecular complexity index is 930. The normalized spacial score (nSPS) is 16.4. The highest BCUT2D eigenvalue weighted by molar-refractivity contribution is 5.93. The largest absolute Gasteiger partial charge is 0.481 e. The van der Waals surface area contributed by atoms with Crippen LogP contribution < -0.4 is 22.1 Å². The molecule has 0 radical (unpaired) electrons. The third-order valence-corrected chi connectivity index (χ3v) is 6.61. The maximum absolute atomic E-state index is 13.6. The Morgan fingerprint density at radius 1 is 1.00 bits per heavy atom. The minimum Gasteiger partial charge on any atom is -0.481 e. The summed E-state index contributed by atoms with van der Waals surface area (Å²) in [6.45, 7) is 2.40. The number of benzene rings is 1. The van der Waals surface area contributed by atoms with E-state index in [9.17, 15) is 24.0 Å². The molecule has 4 amide bonds. The molecule has 0 saturated carbocycles. The summed E-state index contributed by atoms with van der Waals surface area (Å²) in [6.07, 6.45) is 2.05. The summed E-state index contributed by atoms with van der Waals surface area (Å²) >= 11 is 0. The van der Waals surface area contributed by atoms with Crippen molar-refractivity contribution >= 4 is 29.6 Å². The van der Waals surface area contributed by atoms with Gasteiger partial charge in [0, 0.05) is 26.4 Å². The Morgan fingerprint density at radius 2 is 1.64 bits per heavy atom. The SMILES string of the molecule is CC(=O)N[C@@H](CCCCN)C(=O)N1CCC(C(=O)N[C@@H](CCC(=O)O)C(N)=O)(c2ccccc2)CC1. The first-order chi connectivity index (χ1) is 17.1. The van der Waals surface area contributed by atoms with Gasteiger partial charge in [0.2, 0.25) is 23.6 Å². The highest BCUT2D eigenvalue weighted by atomic mass is 16.4.